The van der Waals surface area contributed by atoms with Gasteiger partial charge in [0.1, 0.15) is 0 Å². The van der Waals surface area contributed by atoms with E-state index in [2.05, 4.69) is 203 Å². The summed E-state index contributed by atoms with van der Waals surface area (Å²) >= 11 is 1.86. The summed E-state index contributed by atoms with van der Waals surface area (Å²) in [5.41, 5.74) is 11.7. The summed E-state index contributed by atoms with van der Waals surface area (Å²) in [5, 5.41) is 7.64. The second-order valence-electron chi connectivity index (χ2n) is 13.9. The molecule has 3 heterocycles. The van der Waals surface area contributed by atoms with Gasteiger partial charge < -0.3 is 14.0 Å². The fourth-order valence-electron chi connectivity index (χ4n) is 8.32. The van der Waals surface area contributed by atoms with E-state index < -0.39 is 0 Å². The normalized spacial score (nSPS) is 11.9. The predicted octanol–water partition coefficient (Wildman–Crippen LogP) is 14.0. The Labute approximate surface area is 310 Å². The van der Waals surface area contributed by atoms with Gasteiger partial charge in [0.25, 0.3) is 0 Å². The van der Waals surface area contributed by atoms with Crippen LogP contribution < -0.4 is 4.90 Å². The molecule has 0 aliphatic rings. The molecule has 11 rings (SSSR count). The van der Waals surface area contributed by atoms with Crippen LogP contribution in [0, 0.1) is 6.92 Å². The van der Waals surface area contributed by atoms with Crippen LogP contribution in [0.3, 0.4) is 0 Å². The standard InChI is InChI=1S/C49H33N3S/c1-32-18-20-33(21-19-32)50(34-22-24-35(25-23-34)51-44-14-6-2-10-38(44)39-11-3-7-15-45(39)51)37-26-28-41-40-12-4-8-16-46(40)52(47(41)31-37)36-27-29-49-43(30-36)42-13-5-9-17-48(42)53-49/h2-31H,1H3. The zero-order valence-corrected chi connectivity index (χ0v) is 29.9. The van der Waals surface area contributed by atoms with Crippen LogP contribution in [0.5, 0.6) is 0 Å². The number of aryl methyl sites for hydroxylation is 1. The van der Waals surface area contributed by atoms with Crippen molar-refractivity contribution in [2.24, 2.45) is 0 Å². The third-order valence-corrected chi connectivity index (χ3v) is 11.9. The molecule has 0 bridgehead atoms. The fraction of sp³-hybridized carbons (Fsp3) is 0.0204. The van der Waals surface area contributed by atoms with E-state index in [4.69, 9.17) is 0 Å². The van der Waals surface area contributed by atoms with Crippen molar-refractivity contribution in [1.82, 2.24) is 9.13 Å². The topological polar surface area (TPSA) is 13.1 Å². The Morgan fingerprint density at radius 1 is 0.358 bits per heavy atom. The molecule has 0 fully saturated rings. The second-order valence-corrected chi connectivity index (χ2v) is 15.0. The van der Waals surface area contributed by atoms with E-state index in [-0.39, 0.29) is 0 Å². The molecule has 0 amide bonds. The smallest absolute Gasteiger partial charge is 0.0561 e. The first-order valence-electron chi connectivity index (χ1n) is 18.1. The molecule has 3 aromatic heterocycles. The van der Waals surface area contributed by atoms with E-state index in [9.17, 15) is 0 Å². The van der Waals surface area contributed by atoms with Gasteiger partial charge in [-0.2, -0.15) is 0 Å². The first kappa shape index (κ1) is 30.0. The van der Waals surface area contributed by atoms with Crippen LogP contribution in [0.2, 0.25) is 0 Å². The average molecular weight is 696 g/mol. The van der Waals surface area contributed by atoms with E-state index in [1.165, 1.54) is 75.0 Å². The summed E-state index contributed by atoms with van der Waals surface area (Å²) in [6, 6.07) is 66.7. The summed E-state index contributed by atoms with van der Waals surface area (Å²) in [7, 11) is 0. The number of fused-ring (bicyclic) bond motifs is 9. The minimum absolute atomic E-state index is 1.10. The molecule has 0 atom stereocenters. The lowest BCUT2D eigenvalue weighted by Crippen LogP contribution is -2.10. The van der Waals surface area contributed by atoms with Crippen molar-refractivity contribution in [3.63, 3.8) is 0 Å². The quantitative estimate of drug-likeness (QED) is 0.175. The van der Waals surface area contributed by atoms with E-state index in [1.54, 1.807) is 0 Å². The summed E-state index contributed by atoms with van der Waals surface area (Å²) in [4.78, 5) is 2.38. The highest BCUT2D eigenvalue weighted by atomic mass is 32.1. The van der Waals surface area contributed by atoms with E-state index in [0.717, 1.165) is 22.7 Å². The van der Waals surface area contributed by atoms with Gasteiger partial charge in [0, 0.05) is 70.2 Å². The molecule has 3 nitrogen and oxygen atoms in total. The zero-order valence-electron chi connectivity index (χ0n) is 29.1. The Morgan fingerprint density at radius 2 is 0.830 bits per heavy atom. The Balaban J connectivity index is 1.10. The van der Waals surface area contributed by atoms with Crippen LogP contribution in [-0.2, 0) is 0 Å². The molecule has 0 radical (unpaired) electrons. The van der Waals surface area contributed by atoms with Crippen molar-refractivity contribution < 1.29 is 0 Å². The van der Waals surface area contributed by atoms with Crippen LogP contribution in [-0.4, -0.2) is 9.13 Å². The van der Waals surface area contributed by atoms with Crippen molar-refractivity contribution in [2.45, 2.75) is 6.92 Å². The molecule has 0 unspecified atom stereocenters. The Bertz CT molecular complexity index is 3130. The molecular formula is C49H33N3S. The maximum atomic E-state index is 2.44. The fourth-order valence-corrected chi connectivity index (χ4v) is 9.41. The van der Waals surface area contributed by atoms with Gasteiger partial charge in [-0.3, -0.25) is 0 Å². The third-order valence-electron chi connectivity index (χ3n) is 10.8. The molecule has 0 aliphatic heterocycles. The lowest BCUT2D eigenvalue weighted by Gasteiger charge is -2.26. The highest BCUT2D eigenvalue weighted by Crippen LogP contribution is 2.42. The number of para-hydroxylation sites is 3. The number of nitrogens with zero attached hydrogens (tertiary/aromatic N) is 3. The highest BCUT2D eigenvalue weighted by Gasteiger charge is 2.19. The molecule has 4 heteroatoms. The molecule has 0 saturated carbocycles. The number of anilines is 3. The van der Waals surface area contributed by atoms with Crippen molar-refractivity contribution in [2.75, 3.05) is 4.90 Å². The second kappa shape index (κ2) is 11.7. The van der Waals surface area contributed by atoms with Gasteiger partial charge in [0.15, 0.2) is 0 Å². The van der Waals surface area contributed by atoms with Gasteiger partial charge in [0.2, 0.25) is 0 Å². The summed E-state index contributed by atoms with van der Waals surface area (Å²) in [6.07, 6.45) is 0. The van der Waals surface area contributed by atoms with E-state index in [1.807, 2.05) is 11.3 Å². The minimum atomic E-state index is 1.10. The average Bonchev–Trinajstić information content (AvgIpc) is 3.86. The first-order chi connectivity index (χ1) is 26.2. The maximum absolute atomic E-state index is 2.44. The van der Waals surface area contributed by atoms with Crippen LogP contribution >= 0.6 is 11.3 Å². The summed E-state index contributed by atoms with van der Waals surface area (Å²) in [5.74, 6) is 0. The molecule has 250 valence electrons. The Hall–Kier alpha value is -6.62. The van der Waals surface area contributed by atoms with Gasteiger partial charge >= 0.3 is 0 Å². The Kier molecular flexibility index (Phi) is 6.64. The molecule has 0 aliphatic carbocycles. The zero-order chi connectivity index (χ0) is 35.0. The maximum Gasteiger partial charge on any atom is 0.0561 e. The molecule has 0 N–H and O–H groups in total. The number of hydrogen-bond acceptors (Lipinski definition) is 2. The van der Waals surface area contributed by atoms with Gasteiger partial charge in [-0.25, -0.2) is 0 Å². The molecule has 11 aromatic rings. The van der Waals surface area contributed by atoms with Gasteiger partial charge in [-0.1, -0.05) is 96.6 Å². The van der Waals surface area contributed by atoms with Crippen molar-refractivity contribution in [3.8, 4) is 11.4 Å². The van der Waals surface area contributed by atoms with E-state index >= 15 is 0 Å². The SMILES string of the molecule is Cc1ccc(N(c2ccc(-n3c4ccccc4c4ccccc43)cc2)c2ccc3c4ccccc4n(-c4ccc5sc6ccccc6c5c4)c3c2)cc1. The minimum Gasteiger partial charge on any atom is -0.310 e. The number of thiophene rings is 1. The highest BCUT2D eigenvalue weighted by molar-refractivity contribution is 7.25. The Morgan fingerprint density at radius 3 is 1.47 bits per heavy atom. The van der Waals surface area contributed by atoms with Crippen LogP contribution in [0.25, 0.3) is 75.2 Å². The predicted molar refractivity (Wildman–Crippen MR) is 227 cm³/mol. The molecular weight excluding hydrogens is 663 g/mol. The summed E-state index contributed by atoms with van der Waals surface area (Å²) < 4.78 is 7.45. The van der Waals surface area contributed by atoms with Crippen LogP contribution in [0.1, 0.15) is 5.56 Å². The third kappa shape index (κ3) is 4.66. The molecule has 0 saturated heterocycles. The first-order valence-corrected chi connectivity index (χ1v) is 18.9. The largest absolute Gasteiger partial charge is 0.310 e. The molecule has 53 heavy (non-hydrogen) atoms. The molecule has 8 aromatic carbocycles. The van der Waals surface area contributed by atoms with Crippen molar-refractivity contribution in [1.29, 1.82) is 0 Å². The monoisotopic (exact) mass is 695 g/mol. The van der Waals surface area contributed by atoms with Crippen molar-refractivity contribution in [3.05, 3.63) is 188 Å². The number of aromatic nitrogens is 2. The summed E-state index contributed by atoms with van der Waals surface area (Å²) in [6.45, 7) is 2.15. The van der Waals surface area contributed by atoms with Gasteiger partial charge in [-0.15, -0.1) is 11.3 Å². The lowest BCUT2D eigenvalue weighted by molar-refractivity contribution is 1.17. The van der Waals surface area contributed by atoms with Crippen LogP contribution in [0.15, 0.2) is 182 Å². The number of benzene rings is 8. The van der Waals surface area contributed by atoms with Crippen molar-refractivity contribution >= 4 is 92.2 Å². The van der Waals surface area contributed by atoms with Gasteiger partial charge in [-0.05, 0) is 97.9 Å². The lowest BCUT2D eigenvalue weighted by atomic mass is 10.1. The van der Waals surface area contributed by atoms with Crippen LogP contribution in [0.4, 0.5) is 17.1 Å². The number of hydrogen-bond donors (Lipinski definition) is 0. The van der Waals surface area contributed by atoms with Gasteiger partial charge in [0.05, 0.1) is 22.1 Å². The van der Waals surface area contributed by atoms with E-state index in [0.29, 0.717) is 0 Å². The number of rotatable bonds is 5. The molecule has 0 spiro atoms.